The van der Waals surface area contributed by atoms with Crippen molar-refractivity contribution in [3.63, 3.8) is 0 Å². The van der Waals surface area contributed by atoms with E-state index in [4.69, 9.17) is 0 Å². The Labute approximate surface area is 155 Å². The first-order valence-electron chi connectivity index (χ1n) is 9.80. The minimum Gasteiger partial charge on any atom is -0.370 e. The fourth-order valence-corrected chi connectivity index (χ4v) is 4.23. The van der Waals surface area contributed by atoms with Crippen LogP contribution in [0.25, 0.3) is 0 Å². The molecule has 2 aliphatic rings. The molecule has 1 unspecified atom stereocenters. The zero-order valence-corrected chi connectivity index (χ0v) is 15.3. The van der Waals surface area contributed by atoms with Gasteiger partial charge in [0.25, 0.3) is 0 Å². The molecule has 0 amide bonds. The van der Waals surface area contributed by atoms with Gasteiger partial charge in [-0.2, -0.15) is 0 Å². The molecule has 0 spiro atoms. The minimum absolute atomic E-state index is 0.0836. The third-order valence-electron chi connectivity index (χ3n) is 5.72. The summed E-state index contributed by atoms with van der Waals surface area (Å²) in [6.07, 6.45) is 3.51. The quantitative estimate of drug-likeness (QED) is 0.885. The number of benzene rings is 2. The first-order chi connectivity index (χ1) is 12.8. The summed E-state index contributed by atoms with van der Waals surface area (Å²) in [4.78, 5) is 4.85. The summed E-state index contributed by atoms with van der Waals surface area (Å²) in [7, 11) is 0. The summed E-state index contributed by atoms with van der Waals surface area (Å²) in [5, 5.41) is 3.87. The Morgan fingerprint density at radius 3 is 2.31 bits per heavy atom. The highest BCUT2D eigenvalue weighted by atomic mass is 19.1. The molecule has 0 aliphatic carbocycles. The van der Waals surface area contributed by atoms with Gasteiger partial charge >= 0.3 is 0 Å². The number of piperidine rings is 1. The molecule has 0 aromatic heterocycles. The maximum Gasteiger partial charge on any atom is 0.127 e. The first-order valence-corrected chi connectivity index (χ1v) is 9.80. The van der Waals surface area contributed by atoms with Crippen LogP contribution >= 0.6 is 0 Å². The van der Waals surface area contributed by atoms with Crippen LogP contribution in [0.2, 0.25) is 0 Å². The third-order valence-corrected chi connectivity index (χ3v) is 5.72. The fourth-order valence-electron chi connectivity index (χ4n) is 4.23. The van der Waals surface area contributed by atoms with Gasteiger partial charge in [-0.15, -0.1) is 0 Å². The van der Waals surface area contributed by atoms with E-state index in [1.807, 2.05) is 12.1 Å². The van der Waals surface area contributed by atoms with Gasteiger partial charge in [-0.3, -0.25) is 4.90 Å². The normalized spacial score (nSPS) is 22.0. The maximum absolute atomic E-state index is 13.8. The van der Waals surface area contributed by atoms with E-state index >= 15 is 0 Å². The molecular formula is C22H28FN3. The van der Waals surface area contributed by atoms with Crippen molar-refractivity contribution in [2.75, 3.05) is 31.1 Å². The molecule has 4 rings (SSSR count). The number of hydrogen-bond donors (Lipinski definition) is 1. The standard InChI is InChI=1S/C22H28FN3/c23-22-9-5-4-6-18(22)16-25-13-10-19(11-14-25)24-20-12-15-26(17-20)21-7-2-1-3-8-21/h1-9,19-20,24H,10-17H2. The van der Waals surface area contributed by atoms with E-state index in [1.54, 1.807) is 12.1 Å². The molecule has 3 nitrogen and oxygen atoms in total. The lowest BCUT2D eigenvalue weighted by atomic mass is 10.0. The Morgan fingerprint density at radius 1 is 0.846 bits per heavy atom. The van der Waals surface area contributed by atoms with Crippen LogP contribution in [-0.4, -0.2) is 43.2 Å². The summed E-state index contributed by atoms with van der Waals surface area (Å²) in [5.74, 6) is -0.0836. The second-order valence-corrected chi connectivity index (χ2v) is 7.58. The average molecular weight is 353 g/mol. The molecule has 2 fully saturated rings. The zero-order chi connectivity index (χ0) is 17.8. The van der Waals surface area contributed by atoms with Crippen molar-refractivity contribution in [2.24, 2.45) is 0 Å². The van der Waals surface area contributed by atoms with Crippen LogP contribution < -0.4 is 10.2 Å². The van der Waals surface area contributed by atoms with Gasteiger partial charge in [-0.1, -0.05) is 36.4 Å². The molecule has 2 saturated heterocycles. The Kier molecular flexibility index (Phi) is 5.51. The number of nitrogens with zero attached hydrogens (tertiary/aromatic N) is 2. The van der Waals surface area contributed by atoms with Gasteiger partial charge < -0.3 is 10.2 Å². The van der Waals surface area contributed by atoms with Crippen molar-refractivity contribution >= 4 is 5.69 Å². The van der Waals surface area contributed by atoms with Crippen LogP contribution in [0, 0.1) is 5.82 Å². The van der Waals surface area contributed by atoms with Gasteiger partial charge in [-0.05, 0) is 50.6 Å². The SMILES string of the molecule is Fc1ccccc1CN1CCC(NC2CCN(c3ccccc3)C2)CC1. The molecule has 0 radical (unpaired) electrons. The van der Waals surface area contributed by atoms with E-state index in [2.05, 4.69) is 45.4 Å². The molecule has 4 heteroatoms. The van der Waals surface area contributed by atoms with E-state index in [0.717, 1.165) is 51.1 Å². The van der Waals surface area contributed by atoms with Crippen LogP contribution in [-0.2, 0) is 6.54 Å². The molecule has 0 bridgehead atoms. The predicted octanol–water partition coefficient (Wildman–Crippen LogP) is 3.66. The largest absolute Gasteiger partial charge is 0.370 e. The first kappa shape index (κ1) is 17.5. The molecule has 2 aromatic carbocycles. The van der Waals surface area contributed by atoms with Crippen molar-refractivity contribution < 1.29 is 4.39 Å². The number of rotatable bonds is 5. The summed E-state index contributed by atoms with van der Waals surface area (Å²) >= 11 is 0. The van der Waals surface area contributed by atoms with E-state index < -0.39 is 0 Å². The van der Waals surface area contributed by atoms with Crippen molar-refractivity contribution in [3.05, 3.63) is 66.0 Å². The molecular weight excluding hydrogens is 325 g/mol. The number of halogens is 1. The lowest BCUT2D eigenvalue weighted by molar-refractivity contribution is 0.183. The number of likely N-dealkylation sites (tertiary alicyclic amines) is 1. The van der Waals surface area contributed by atoms with Crippen molar-refractivity contribution in [2.45, 2.75) is 37.9 Å². The number of hydrogen-bond acceptors (Lipinski definition) is 3. The number of nitrogens with one attached hydrogen (secondary N) is 1. The van der Waals surface area contributed by atoms with Gasteiger partial charge in [-0.25, -0.2) is 4.39 Å². The van der Waals surface area contributed by atoms with Crippen LogP contribution in [0.3, 0.4) is 0 Å². The highest BCUT2D eigenvalue weighted by molar-refractivity contribution is 5.47. The third kappa shape index (κ3) is 4.25. The Morgan fingerprint density at radius 2 is 1.54 bits per heavy atom. The number of anilines is 1. The fraction of sp³-hybridized carbons (Fsp3) is 0.455. The maximum atomic E-state index is 13.8. The monoisotopic (exact) mass is 353 g/mol. The second-order valence-electron chi connectivity index (χ2n) is 7.58. The molecule has 138 valence electrons. The topological polar surface area (TPSA) is 18.5 Å². The van der Waals surface area contributed by atoms with E-state index in [1.165, 1.54) is 12.1 Å². The van der Waals surface area contributed by atoms with Crippen molar-refractivity contribution in [3.8, 4) is 0 Å². The lowest BCUT2D eigenvalue weighted by Crippen LogP contribution is -2.46. The van der Waals surface area contributed by atoms with Crippen LogP contribution in [0.5, 0.6) is 0 Å². The second kappa shape index (κ2) is 8.19. The number of para-hydroxylation sites is 1. The predicted molar refractivity (Wildman–Crippen MR) is 105 cm³/mol. The Hall–Kier alpha value is -1.91. The van der Waals surface area contributed by atoms with E-state index in [9.17, 15) is 4.39 Å². The summed E-state index contributed by atoms with van der Waals surface area (Å²) in [5.41, 5.74) is 2.14. The molecule has 2 aliphatic heterocycles. The lowest BCUT2D eigenvalue weighted by Gasteiger charge is -2.34. The zero-order valence-electron chi connectivity index (χ0n) is 15.3. The van der Waals surface area contributed by atoms with Gasteiger partial charge in [0, 0.05) is 43.0 Å². The molecule has 26 heavy (non-hydrogen) atoms. The highest BCUT2D eigenvalue weighted by Crippen LogP contribution is 2.22. The van der Waals surface area contributed by atoms with Gasteiger partial charge in [0.1, 0.15) is 5.82 Å². The van der Waals surface area contributed by atoms with Crippen molar-refractivity contribution in [1.82, 2.24) is 10.2 Å². The van der Waals surface area contributed by atoms with Crippen LogP contribution in [0.1, 0.15) is 24.8 Å². The van der Waals surface area contributed by atoms with Gasteiger partial charge in [0.2, 0.25) is 0 Å². The highest BCUT2D eigenvalue weighted by Gasteiger charge is 2.27. The van der Waals surface area contributed by atoms with Gasteiger partial charge in [0.05, 0.1) is 0 Å². The molecule has 1 N–H and O–H groups in total. The van der Waals surface area contributed by atoms with E-state index in [0.29, 0.717) is 12.1 Å². The Balaban J connectivity index is 1.23. The minimum atomic E-state index is -0.0836. The summed E-state index contributed by atoms with van der Waals surface area (Å²) in [6.45, 7) is 5.04. The van der Waals surface area contributed by atoms with E-state index in [-0.39, 0.29) is 5.82 Å². The molecule has 2 aromatic rings. The molecule has 2 heterocycles. The summed E-state index contributed by atoms with van der Waals surface area (Å²) in [6, 6.07) is 19.0. The van der Waals surface area contributed by atoms with Crippen LogP contribution in [0.15, 0.2) is 54.6 Å². The van der Waals surface area contributed by atoms with Crippen molar-refractivity contribution in [1.29, 1.82) is 0 Å². The molecule has 1 atom stereocenters. The summed E-state index contributed by atoms with van der Waals surface area (Å²) < 4.78 is 13.8. The average Bonchev–Trinajstić information content (AvgIpc) is 3.14. The molecule has 0 saturated carbocycles. The van der Waals surface area contributed by atoms with Crippen LogP contribution in [0.4, 0.5) is 10.1 Å². The Bertz CT molecular complexity index is 698. The van der Waals surface area contributed by atoms with Gasteiger partial charge in [0.15, 0.2) is 0 Å². The smallest absolute Gasteiger partial charge is 0.127 e.